The molecule has 0 aliphatic rings. The first-order chi connectivity index (χ1) is 13.6. The summed E-state index contributed by atoms with van der Waals surface area (Å²) in [5.74, 6) is 0.366. The second-order valence-electron chi connectivity index (χ2n) is 6.89. The summed E-state index contributed by atoms with van der Waals surface area (Å²) in [6, 6.07) is 21.5. The van der Waals surface area contributed by atoms with Crippen molar-refractivity contribution in [3.8, 4) is 6.07 Å². The van der Waals surface area contributed by atoms with Crippen molar-refractivity contribution in [2.75, 3.05) is 11.9 Å². The molecule has 0 saturated carbocycles. The number of hydrogen-bond acceptors (Lipinski definition) is 4. The third-order valence-corrected chi connectivity index (χ3v) is 5.47. The fourth-order valence-electron chi connectivity index (χ4n) is 2.94. The van der Waals surface area contributed by atoms with Crippen molar-refractivity contribution in [1.82, 2.24) is 5.32 Å². The standard InChI is InChI=1S/C23H23N3OS/c1-16(2)18-7-9-19(10-8-18)23(21-4-3-13-28-21)25-15-22(27)26-20-11-5-17(14-24)6-12-20/h3-13,16,23,25H,15H2,1-2H3,(H,26,27)/t23-/m0/s1. The average Bonchev–Trinajstić information content (AvgIpc) is 3.23. The van der Waals surface area contributed by atoms with E-state index in [-0.39, 0.29) is 18.5 Å². The SMILES string of the molecule is CC(C)c1ccc([C@H](NCC(=O)Nc2ccc(C#N)cc2)c2cccs2)cc1. The van der Waals surface area contributed by atoms with E-state index in [0.29, 0.717) is 17.2 Å². The van der Waals surface area contributed by atoms with E-state index in [1.165, 1.54) is 10.4 Å². The molecule has 0 aliphatic carbocycles. The molecule has 142 valence electrons. The van der Waals surface area contributed by atoms with Crippen LogP contribution in [0, 0.1) is 11.3 Å². The van der Waals surface area contributed by atoms with Gasteiger partial charge in [0.15, 0.2) is 0 Å². The topological polar surface area (TPSA) is 64.9 Å². The molecule has 28 heavy (non-hydrogen) atoms. The summed E-state index contributed by atoms with van der Waals surface area (Å²) in [6.45, 7) is 4.55. The number of hydrogen-bond donors (Lipinski definition) is 2. The molecule has 0 radical (unpaired) electrons. The lowest BCUT2D eigenvalue weighted by Crippen LogP contribution is -2.31. The van der Waals surface area contributed by atoms with Gasteiger partial charge in [-0.25, -0.2) is 0 Å². The molecule has 3 rings (SSSR count). The Balaban J connectivity index is 1.68. The fraction of sp³-hybridized carbons (Fsp3) is 0.217. The van der Waals surface area contributed by atoms with Crippen LogP contribution in [0.4, 0.5) is 5.69 Å². The van der Waals surface area contributed by atoms with E-state index in [2.05, 4.69) is 60.9 Å². The Morgan fingerprint density at radius 2 is 1.71 bits per heavy atom. The number of benzene rings is 2. The summed E-state index contributed by atoms with van der Waals surface area (Å²) in [5.41, 5.74) is 3.68. The largest absolute Gasteiger partial charge is 0.325 e. The number of rotatable bonds is 7. The molecule has 1 aromatic heterocycles. The van der Waals surface area contributed by atoms with Gasteiger partial charge in [-0.1, -0.05) is 44.2 Å². The zero-order valence-electron chi connectivity index (χ0n) is 16.0. The molecule has 5 heteroatoms. The fourth-order valence-corrected chi connectivity index (χ4v) is 3.77. The van der Waals surface area contributed by atoms with Crippen LogP contribution >= 0.6 is 11.3 Å². The summed E-state index contributed by atoms with van der Waals surface area (Å²) in [7, 11) is 0. The molecule has 0 fully saturated rings. The first kappa shape index (κ1) is 19.8. The number of carbonyl (C=O) groups excluding carboxylic acids is 1. The maximum atomic E-state index is 12.4. The van der Waals surface area contributed by atoms with Crippen molar-refractivity contribution < 1.29 is 4.79 Å². The summed E-state index contributed by atoms with van der Waals surface area (Å²) >= 11 is 1.67. The molecule has 4 nitrogen and oxygen atoms in total. The van der Waals surface area contributed by atoms with Gasteiger partial charge in [0, 0.05) is 10.6 Å². The maximum Gasteiger partial charge on any atom is 0.238 e. The Morgan fingerprint density at radius 3 is 2.29 bits per heavy atom. The van der Waals surface area contributed by atoms with E-state index in [1.54, 1.807) is 35.6 Å². The number of carbonyl (C=O) groups is 1. The maximum absolute atomic E-state index is 12.4. The summed E-state index contributed by atoms with van der Waals surface area (Å²) in [4.78, 5) is 13.6. The molecule has 2 aromatic carbocycles. The Hall–Kier alpha value is -2.94. The number of anilines is 1. The van der Waals surface area contributed by atoms with Crippen molar-refractivity contribution >= 4 is 22.9 Å². The Bertz CT molecular complexity index is 939. The van der Waals surface area contributed by atoms with Crippen LogP contribution in [0.15, 0.2) is 66.0 Å². The Kier molecular flexibility index (Phi) is 6.59. The number of amides is 1. The first-order valence-corrected chi connectivity index (χ1v) is 10.1. The monoisotopic (exact) mass is 389 g/mol. The second-order valence-corrected chi connectivity index (χ2v) is 7.87. The van der Waals surface area contributed by atoms with Crippen molar-refractivity contribution in [2.24, 2.45) is 0 Å². The molecular weight excluding hydrogens is 366 g/mol. The van der Waals surface area contributed by atoms with E-state index in [9.17, 15) is 4.79 Å². The van der Waals surface area contributed by atoms with E-state index < -0.39 is 0 Å². The van der Waals surface area contributed by atoms with Gasteiger partial charge < -0.3 is 5.32 Å². The van der Waals surface area contributed by atoms with Crippen LogP contribution in [0.1, 0.15) is 47.4 Å². The Morgan fingerprint density at radius 1 is 1.04 bits per heavy atom. The van der Waals surface area contributed by atoms with Crippen LogP contribution in [0.25, 0.3) is 0 Å². The zero-order chi connectivity index (χ0) is 19.9. The number of nitrogens with zero attached hydrogens (tertiary/aromatic N) is 1. The number of thiophene rings is 1. The van der Waals surface area contributed by atoms with Gasteiger partial charge in [0.1, 0.15) is 0 Å². The highest BCUT2D eigenvalue weighted by Gasteiger charge is 2.16. The van der Waals surface area contributed by atoms with Crippen LogP contribution in [-0.4, -0.2) is 12.5 Å². The van der Waals surface area contributed by atoms with Crippen LogP contribution in [0.5, 0.6) is 0 Å². The van der Waals surface area contributed by atoms with Crippen LogP contribution in [-0.2, 0) is 4.79 Å². The van der Waals surface area contributed by atoms with Crippen molar-refractivity contribution in [3.05, 3.63) is 87.6 Å². The van der Waals surface area contributed by atoms with Gasteiger partial charge in [-0.2, -0.15) is 5.26 Å². The van der Waals surface area contributed by atoms with Crippen molar-refractivity contribution in [1.29, 1.82) is 5.26 Å². The molecule has 3 aromatic rings. The summed E-state index contributed by atoms with van der Waals surface area (Å²) < 4.78 is 0. The van der Waals surface area contributed by atoms with Crippen molar-refractivity contribution in [2.45, 2.75) is 25.8 Å². The quantitative estimate of drug-likeness (QED) is 0.593. The molecule has 0 aliphatic heterocycles. The lowest BCUT2D eigenvalue weighted by atomic mass is 9.98. The minimum Gasteiger partial charge on any atom is -0.325 e. The highest BCUT2D eigenvalue weighted by molar-refractivity contribution is 7.10. The van der Waals surface area contributed by atoms with Gasteiger partial charge in [0.25, 0.3) is 0 Å². The van der Waals surface area contributed by atoms with E-state index in [1.807, 2.05) is 11.4 Å². The van der Waals surface area contributed by atoms with Crippen LogP contribution < -0.4 is 10.6 Å². The molecule has 0 saturated heterocycles. The van der Waals surface area contributed by atoms with Crippen LogP contribution in [0.2, 0.25) is 0 Å². The van der Waals surface area contributed by atoms with Gasteiger partial charge in [-0.3, -0.25) is 10.1 Å². The molecule has 0 bridgehead atoms. The predicted octanol–water partition coefficient (Wildman–Crippen LogP) is 5.06. The summed E-state index contributed by atoms with van der Waals surface area (Å²) in [5, 5.41) is 17.1. The molecule has 0 spiro atoms. The molecule has 2 N–H and O–H groups in total. The third-order valence-electron chi connectivity index (χ3n) is 4.53. The van der Waals surface area contributed by atoms with Gasteiger partial charge >= 0.3 is 0 Å². The smallest absolute Gasteiger partial charge is 0.238 e. The lowest BCUT2D eigenvalue weighted by molar-refractivity contribution is -0.115. The minimum absolute atomic E-state index is 0.0343. The predicted molar refractivity (Wildman–Crippen MR) is 114 cm³/mol. The number of nitriles is 1. The lowest BCUT2D eigenvalue weighted by Gasteiger charge is -2.19. The van der Waals surface area contributed by atoms with Gasteiger partial charge in [0.05, 0.1) is 24.2 Å². The minimum atomic E-state index is -0.120. The zero-order valence-corrected chi connectivity index (χ0v) is 16.8. The first-order valence-electron chi connectivity index (χ1n) is 9.23. The van der Waals surface area contributed by atoms with Gasteiger partial charge in [-0.15, -0.1) is 11.3 Å². The Labute approximate surface area is 169 Å². The molecule has 1 heterocycles. The molecule has 1 atom stereocenters. The third kappa shape index (κ3) is 5.07. The summed E-state index contributed by atoms with van der Waals surface area (Å²) in [6.07, 6.45) is 0. The van der Waals surface area contributed by atoms with E-state index in [4.69, 9.17) is 5.26 Å². The van der Waals surface area contributed by atoms with Gasteiger partial charge in [-0.05, 0) is 52.8 Å². The molecule has 0 unspecified atom stereocenters. The second kappa shape index (κ2) is 9.32. The van der Waals surface area contributed by atoms with Crippen LogP contribution in [0.3, 0.4) is 0 Å². The highest BCUT2D eigenvalue weighted by atomic mass is 32.1. The average molecular weight is 390 g/mol. The molecular formula is C23H23N3OS. The molecule has 1 amide bonds. The highest BCUT2D eigenvalue weighted by Crippen LogP contribution is 2.27. The van der Waals surface area contributed by atoms with Gasteiger partial charge in [0.2, 0.25) is 5.91 Å². The normalized spacial score (nSPS) is 11.8. The van der Waals surface area contributed by atoms with Crippen molar-refractivity contribution in [3.63, 3.8) is 0 Å². The number of nitrogens with one attached hydrogen (secondary N) is 2. The van der Waals surface area contributed by atoms with E-state index >= 15 is 0 Å². The van der Waals surface area contributed by atoms with E-state index in [0.717, 1.165) is 5.56 Å².